The molecule has 0 saturated carbocycles. The van der Waals surface area contributed by atoms with Crippen molar-refractivity contribution < 1.29 is 18.7 Å². The van der Waals surface area contributed by atoms with Crippen LogP contribution < -0.4 is 20.1 Å². The Balaban J connectivity index is 1.54. The second-order valence-corrected chi connectivity index (χ2v) is 6.10. The number of hydrogen-bond acceptors (Lipinski definition) is 6. The number of hydrogen-bond donors (Lipinski definition) is 2. The SMILES string of the molecule is Cc1nc(Nc2ccccc2F)cc(C(=O)Nc2ccc3c(c2)OCCO3)n1. The first-order valence-corrected chi connectivity index (χ1v) is 8.67. The molecule has 7 nitrogen and oxygen atoms in total. The number of fused-ring (bicyclic) bond motifs is 1. The highest BCUT2D eigenvalue weighted by molar-refractivity contribution is 6.03. The molecule has 2 heterocycles. The van der Waals surface area contributed by atoms with Crippen molar-refractivity contribution in [2.45, 2.75) is 6.92 Å². The molecule has 1 aliphatic rings. The largest absolute Gasteiger partial charge is 0.486 e. The van der Waals surface area contributed by atoms with E-state index in [1.54, 1.807) is 43.3 Å². The van der Waals surface area contributed by atoms with Gasteiger partial charge in [-0.3, -0.25) is 4.79 Å². The number of ether oxygens (including phenoxy) is 2. The normalized spacial score (nSPS) is 12.4. The van der Waals surface area contributed by atoms with Crippen LogP contribution in [-0.2, 0) is 0 Å². The number of nitrogens with one attached hydrogen (secondary N) is 2. The van der Waals surface area contributed by atoms with Crippen LogP contribution in [0.4, 0.5) is 21.6 Å². The first-order valence-electron chi connectivity index (χ1n) is 8.67. The average molecular weight is 380 g/mol. The maximum absolute atomic E-state index is 13.9. The Hall–Kier alpha value is -3.68. The lowest BCUT2D eigenvalue weighted by Crippen LogP contribution is -2.17. The van der Waals surface area contributed by atoms with Gasteiger partial charge in [-0.1, -0.05) is 12.1 Å². The van der Waals surface area contributed by atoms with Crippen LogP contribution in [0.5, 0.6) is 11.5 Å². The molecule has 2 aromatic carbocycles. The molecule has 8 heteroatoms. The van der Waals surface area contributed by atoms with E-state index in [1.807, 2.05) is 0 Å². The third-order valence-electron chi connectivity index (χ3n) is 4.01. The van der Waals surface area contributed by atoms with E-state index in [0.717, 1.165) is 0 Å². The number of benzene rings is 2. The molecule has 1 aliphatic heterocycles. The summed E-state index contributed by atoms with van der Waals surface area (Å²) in [6.07, 6.45) is 0. The van der Waals surface area contributed by atoms with E-state index in [4.69, 9.17) is 9.47 Å². The smallest absolute Gasteiger partial charge is 0.274 e. The molecule has 0 radical (unpaired) electrons. The zero-order valence-corrected chi connectivity index (χ0v) is 15.0. The van der Waals surface area contributed by atoms with Crippen LogP contribution >= 0.6 is 0 Å². The molecule has 0 unspecified atom stereocenters. The summed E-state index contributed by atoms with van der Waals surface area (Å²) in [4.78, 5) is 21.0. The van der Waals surface area contributed by atoms with Crippen molar-refractivity contribution in [3.63, 3.8) is 0 Å². The van der Waals surface area contributed by atoms with Gasteiger partial charge in [0, 0.05) is 17.8 Å². The van der Waals surface area contributed by atoms with Crippen LogP contribution in [0, 0.1) is 12.7 Å². The number of carbonyl (C=O) groups is 1. The number of anilines is 3. The van der Waals surface area contributed by atoms with E-state index in [1.165, 1.54) is 12.1 Å². The summed E-state index contributed by atoms with van der Waals surface area (Å²) < 4.78 is 24.8. The Kier molecular flexibility index (Phi) is 4.76. The standard InChI is InChI=1S/C20H17FN4O3/c1-12-22-16(11-19(23-12)25-15-5-3-2-4-14(15)21)20(26)24-13-6-7-17-18(10-13)28-9-8-27-17/h2-7,10-11H,8-9H2,1H3,(H,24,26)(H,22,23,25). The fourth-order valence-electron chi connectivity index (χ4n) is 2.76. The Morgan fingerprint density at radius 3 is 2.64 bits per heavy atom. The minimum atomic E-state index is -0.418. The molecule has 0 fully saturated rings. The zero-order valence-electron chi connectivity index (χ0n) is 15.0. The van der Waals surface area contributed by atoms with E-state index in [0.29, 0.717) is 42.0 Å². The Bertz CT molecular complexity index is 1040. The van der Waals surface area contributed by atoms with Crippen LogP contribution in [0.1, 0.15) is 16.3 Å². The lowest BCUT2D eigenvalue weighted by molar-refractivity contribution is 0.102. The summed E-state index contributed by atoms with van der Waals surface area (Å²) in [5.74, 6) is 1.08. The molecule has 1 aromatic heterocycles. The summed E-state index contributed by atoms with van der Waals surface area (Å²) in [5, 5.41) is 5.64. The van der Waals surface area contributed by atoms with Gasteiger partial charge < -0.3 is 20.1 Å². The van der Waals surface area contributed by atoms with E-state index in [-0.39, 0.29) is 11.4 Å². The molecule has 1 amide bonds. The molecule has 142 valence electrons. The molecule has 2 N–H and O–H groups in total. The fourth-order valence-corrected chi connectivity index (χ4v) is 2.76. The molecule has 0 saturated heterocycles. The Morgan fingerprint density at radius 2 is 1.82 bits per heavy atom. The van der Waals surface area contributed by atoms with Gasteiger partial charge >= 0.3 is 0 Å². The number of aromatic nitrogens is 2. The Labute approximate surface area is 160 Å². The van der Waals surface area contributed by atoms with Crippen LogP contribution in [0.2, 0.25) is 0 Å². The third-order valence-corrected chi connectivity index (χ3v) is 4.01. The summed E-state index contributed by atoms with van der Waals surface area (Å²) >= 11 is 0. The highest BCUT2D eigenvalue weighted by Crippen LogP contribution is 2.32. The van der Waals surface area contributed by atoms with Crippen LogP contribution in [0.15, 0.2) is 48.5 Å². The maximum atomic E-state index is 13.9. The van der Waals surface area contributed by atoms with Crippen LogP contribution in [0.3, 0.4) is 0 Å². The predicted molar refractivity (Wildman–Crippen MR) is 102 cm³/mol. The van der Waals surface area contributed by atoms with E-state index in [2.05, 4.69) is 20.6 Å². The third kappa shape index (κ3) is 3.85. The number of amides is 1. The van der Waals surface area contributed by atoms with E-state index < -0.39 is 11.7 Å². The summed E-state index contributed by atoms with van der Waals surface area (Å²) in [6.45, 7) is 2.62. The number of halogens is 1. The summed E-state index contributed by atoms with van der Waals surface area (Å²) in [6, 6.07) is 12.8. The molecule has 4 rings (SSSR count). The molecule has 28 heavy (non-hydrogen) atoms. The lowest BCUT2D eigenvalue weighted by Gasteiger charge is -2.19. The van der Waals surface area contributed by atoms with Crippen molar-refractivity contribution in [3.8, 4) is 11.5 Å². The second kappa shape index (κ2) is 7.51. The van der Waals surface area contributed by atoms with Crippen molar-refractivity contribution >= 4 is 23.1 Å². The van der Waals surface area contributed by atoms with Gasteiger partial charge in [-0.05, 0) is 31.2 Å². The number of nitrogens with zero attached hydrogens (tertiary/aromatic N) is 2. The van der Waals surface area contributed by atoms with E-state index in [9.17, 15) is 9.18 Å². The summed E-state index contributed by atoms with van der Waals surface area (Å²) in [7, 11) is 0. The highest BCUT2D eigenvalue weighted by atomic mass is 19.1. The molecule has 0 spiro atoms. The van der Waals surface area contributed by atoms with Crippen LogP contribution in [-0.4, -0.2) is 29.1 Å². The first kappa shape index (κ1) is 17.7. The van der Waals surface area contributed by atoms with E-state index >= 15 is 0 Å². The average Bonchev–Trinajstić information content (AvgIpc) is 2.69. The minimum absolute atomic E-state index is 0.154. The molecule has 0 atom stereocenters. The fraction of sp³-hybridized carbons (Fsp3) is 0.150. The van der Waals surface area contributed by atoms with Gasteiger partial charge in [0.2, 0.25) is 0 Å². The van der Waals surface area contributed by atoms with Gasteiger partial charge in [0.15, 0.2) is 11.5 Å². The number of rotatable bonds is 4. The van der Waals surface area contributed by atoms with Crippen molar-refractivity contribution in [3.05, 3.63) is 65.9 Å². The molecule has 3 aromatic rings. The predicted octanol–water partition coefficient (Wildman–Crippen LogP) is 3.69. The maximum Gasteiger partial charge on any atom is 0.274 e. The molecule has 0 bridgehead atoms. The van der Waals surface area contributed by atoms with Gasteiger partial charge in [0.1, 0.15) is 36.4 Å². The minimum Gasteiger partial charge on any atom is -0.486 e. The number of carbonyl (C=O) groups excluding carboxylic acids is 1. The van der Waals surface area contributed by atoms with Gasteiger partial charge in [0.05, 0.1) is 5.69 Å². The van der Waals surface area contributed by atoms with Crippen molar-refractivity contribution in [2.75, 3.05) is 23.8 Å². The molecular formula is C20H17FN4O3. The zero-order chi connectivity index (χ0) is 19.5. The van der Waals surface area contributed by atoms with Gasteiger partial charge in [-0.25, -0.2) is 14.4 Å². The number of para-hydroxylation sites is 1. The number of aryl methyl sites for hydroxylation is 1. The van der Waals surface area contributed by atoms with Crippen molar-refractivity contribution in [1.82, 2.24) is 9.97 Å². The van der Waals surface area contributed by atoms with Gasteiger partial charge in [0.25, 0.3) is 5.91 Å². The van der Waals surface area contributed by atoms with Gasteiger partial charge in [-0.15, -0.1) is 0 Å². The van der Waals surface area contributed by atoms with Crippen LogP contribution in [0.25, 0.3) is 0 Å². The molecule has 0 aliphatic carbocycles. The first-order chi connectivity index (χ1) is 13.6. The second-order valence-electron chi connectivity index (χ2n) is 6.10. The van der Waals surface area contributed by atoms with Crippen molar-refractivity contribution in [2.24, 2.45) is 0 Å². The monoisotopic (exact) mass is 380 g/mol. The Morgan fingerprint density at radius 1 is 1.04 bits per heavy atom. The molecular weight excluding hydrogens is 363 g/mol. The topological polar surface area (TPSA) is 85.4 Å². The lowest BCUT2D eigenvalue weighted by atomic mass is 10.2. The quantitative estimate of drug-likeness (QED) is 0.718. The highest BCUT2D eigenvalue weighted by Gasteiger charge is 2.15. The van der Waals surface area contributed by atoms with Gasteiger partial charge in [-0.2, -0.15) is 0 Å². The summed E-state index contributed by atoms with van der Waals surface area (Å²) in [5.41, 5.74) is 0.967. The van der Waals surface area contributed by atoms with Crippen molar-refractivity contribution in [1.29, 1.82) is 0 Å².